The molecular formula is C35H50O2. The second-order valence-electron chi connectivity index (χ2n) is 12.1. The molecule has 0 aliphatic heterocycles. The third-order valence-electron chi connectivity index (χ3n) is 9.73. The van der Waals surface area contributed by atoms with Gasteiger partial charge in [-0.15, -0.1) is 0 Å². The molecule has 0 saturated heterocycles. The van der Waals surface area contributed by atoms with Gasteiger partial charge in [-0.2, -0.15) is 0 Å². The van der Waals surface area contributed by atoms with Crippen LogP contribution in [-0.4, -0.2) is 13.1 Å². The second kappa shape index (κ2) is 13.6. The van der Waals surface area contributed by atoms with Gasteiger partial charge < -0.3 is 4.74 Å². The lowest BCUT2D eigenvalue weighted by Crippen LogP contribution is -2.36. The highest BCUT2D eigenvalue weighted by atomic mass is 16.5. The predicted molar refractivity (Wildman–Crippen MR) is 156 cm³/mol. The van der Waals surface area contributed by atoms with E-state index in [0.717, 1.165) is 50.4 Å². The number of carbonyl (C=O) groups excluding carboxylic acids is 1. The van der Waals surface area contributed by atoms with Gasteiger partial charge in [0.25, 0.3) is 0 Å². The summed E-state index contributed by atoms with van der Waals surface area (Å²) < 4.78 is 5.26. The number of hydrogen-bond acceptors (Lipinski definition) is 2. The first-order valence-electron chi connectivity index (χ1n) is 15.4. The van der Waals surface area contributed by atoms with Gasteiger partial charge in [-0.3, -0.25) is 4.79 Å². The average molecular weight is 503 g/mol. The van der Waals surface area contributed by atoms with Gasteiger partial charge in [-0.25, -0.2) is 0 Å². The number of rotatable bonds is 11. The Bertz CT molecular complexity index is 942. The lowest BCUT2D eigenvalue weighted by molar-refractivity contribution is -0.155. The molecule has 4 rings (SSSR count). The zero-order valence-corrected chi connectivity index (χ0v) is 23.8. The number of ether oxygens (including phenoxy) is 1. The van der Waals surface area contributed by atoms with Crippen LogP contribution < -0.4 is 0 Å². The zero-order valence-electron chi connectivity index (χ0n) is 23.8. The Hall–Kier alpha value is -2.09. The van der Waals surface area contributed by atoms with Crippen LogP contribution in [0.5, 0.6) is 0 Å². The molecule has 0 unspecified atom stereocenters. The highest BCUT2D eigenvalue weighted by Gasteiger charge is 2.42. The molecule has 0 aromatic heterocycles. The Morgan fingerprint density at radius 3 is 1.73 bits per heavy atom. The van der Waals surface area contributed by atoms with E-state index < -0.39 is 0 Å². The smallest absolute Gasteiger partial charge is 0.311 e. The summed E-state index contributed by atoms with van der Waals surface area (Å²) in [5.41, 5.74) is 5.32. The van der Waals surface area contributed by atoms with Gasteiger partial charge in [0.05, 0.1) is 12.5 Å². The summed E-state index contributed by atoms with van der Waals surface area (Å²) in [7, 11) is 1.56. The van der Waals surface area contributed by atoms with Crippen molar-refractivity contribution >= 4 is 5.97 Å². The van der Waals surface area contributed by atoms with Crippen molar-refractivity contribution in [3.8, 4) is 11.1 Å². The number of hydrogen-bond donors (Lipinski definition) is 0. The Morgan fingerprint density at radius 1 is 0.730 bits per heavy atom. The molecule has 2 heteroatoms. The normalized spacial score (nSPS) is 26.1. The van der Waals surface area contributed by atoms with Gasteiger partial charge in [0.2, 0.25) is 0 Å². The molecule has 0 amide bonds. The number of methoxy groups -OCH3 is 1. The highest BCUT2D eigenvalue weighted by Crippen LogP contribution is 2.47. The van der Waals surface area contributed by atoms with Crippen molar-refractivity contribution in [3.63, 3.8) is 0 Å². The van der Waals surface area contributed by atoms with E-state index in [-0.39, 0.29) is 11.4 Å². The first-order chi connectivity index (χ1) is 18.1. The maximum absolute atomic E-state index is 12.7. The molecule has 0 N–H and O–H groups in total. The Labute approximate surface area is 226 Å². The maximum Gasteiger partial charge on any atom is 0.311 e. The Balaban J connectivity index is 1.32. The van der Waals surface area contributed by atoms with E-state index in [2.05, 4.69) is 62.4 Å². The molecule has 2 aliphatic rings. The minimum absolute atomic E-state index is 0.0189. The van der Waals surface area contributed by atoms with Crippen molar-refractivity contribution in [1.82, 2.24) is 0 Å². The third-order valence-corrected chi connectivity index (χ3v) is 9.73. The second-order valence-corrected chi connectivity index (χ2v) is 12.1. The molecule has 2 aliphatic carbocycles. The van der Waals surface area contributed by atoms with E-state index >= 15 is 0 Å². The summed E-state index contributed by atoms with van der Waals surface area (Å²) >= 11 is 0. The van der Waals surface area contributed by atoms with E-state index in [0.29, 0.717) is 5.92 Å². The van der Waals surface area contributed by atoms with Crippen molar-refractivity contribution in [2.75, 3.05) is 7.11 Å². The third kappa shape index (κ3) is 7.06. The van der Waals surface area contributed by atoms with Crippen molar-refractivity contribution in [3.05, 3.63) is 59.7 Å². The number of benzene rings is 2. The molecule has 0 atom stereocenters. The first-order valence-corrected chi connectivity index (χ1v) is 15.4. The lowest BCUT2D eigenvalue weighted by Gasteiger charge is -2.38. The van der Waals surface area contributed by atoms with Gasteiger partial charge in [0, 0.05) is 0 Å². The molecule has 2 saturated carbocycles. The Kier molecular flexibility index (Phi) is 10.3. The molecule has 0 spiro atoms. The molecule has 202 valence electrons. The fourth-order valence-electron chi connectivity index (χ4n) is 7.16. The van der Waals surface area contributed by atoms with E-state index in [9.17, 15) is 4.79 Å². The summed E-state index contributed by atoms with van der Waals surface area (Å²) in [4.78, 5) is 12.7. The van der Waals surface area contributed by atoms with E-state index in [1.54, 1.807) is 7.11 Å². The van der Waals surface area contributed by atoms with Crippen LogP contribution >= 0.6 is 0 Å². The van der Waals surface area contributed by atoms with Gasteiger partial charge >= 0.3 is 5.97 Å². The molecule has 2 aromatic rings. The molecule has 37 heavy (non-hydrogen) atoms. The molecule has 2 aromatic carbocycles. The van der Waals surface area contributed by atoms with E-state index in [1.807, 2.05) is 0 Å². The fraction of sp³-hybridized carbons (Fsp3) is 0.629. The summed E-state index contributed by atoms with van der Waals surface area (Å²) in [6, 6.07) is 18.7. The van der Waals surface area contributed by atoms with Crippen LogP contribution in [0.25, 0.3) is 11.1 Å². The van der Waals surface area contributed by atoms with Crippen molar-refractivity contribution < 1.29 is 9.53 Å². The first kappa shape index (κ1) is 27.9. The molecule has 0 radical (unpaired) electrons. The van der Waals surface area contributed by atoms with Crippen LogP contribution in [0.1, 0.15) is 133 Å². The molecule has 0 heterocycles. The van der Waals surface area contributed by atoms with Crippen molar-refractivity contribution in [2.45, 2.75) is 122 Å². The largest absolute Gasteiger partial charge is 0.469 e. The van der Waals surface area contributed by atoms with E-state index in [1.165, 1.54) is 80.0 Å². The van der Waals surface area contributed by atoms with Gasteiger partial charge in [0.1, 0.15) is 0 Å². The number of unbranched alkanes of at least 4 members (excludes halogenated alkanes) is 3. The lowest BCUT2D eigenvalue weighted by atomic mass is 9.66. The molecule has 2 nitrogen and oxygen atoms in total. The monoisotopic (exact) mass is 502 g/mol. The van der Waals surface area contributed by atoms with Crippen LogP contribution in [-0.2, 0) is 9.53 Å². The molecule has 0 bridgehead atoms. The van der Waals surface area contributed by atoms with Crippen LogP contribution in [0.2, 0.25) is 0 Å². The quantitative estimate of drug-likeness (QED) is 0.226. The van der Waals surface area contributed by atoms with Crippen LogP contribution in [0.15, 0.2) is 48.5 Å². The van der Waals surface area contributed by atoms with Crippen LogP contribution in [0, 0.1) is 11.3 Å². The topological polar surface area (TPSA) is 26.3 Å². The summed E-state index contributed by atoms with van der Waals surface area (Å²) in [5, 5.41) is 0. The van der Waals surface area contributed by atoms with Crippen molar-refractivity contribution in [2.24, 2.45) is 11.3 Å². The Morgan fingerprint density at radius 2 is 1.24 bits per heavy atom. The summed E-state index contributed by atoms with van der Waals surface area (Å²) in [6.45, 7) is 4.53. The summed E-state index contributed by atoms with van der Waals surface area (Å²) in [5.74, 6) is 2.29. The van der Waals surface area contributed by atoms with Crippen LogP contribution in [0.4, 0.5) is 0 Å². The molecule has 2 fully saturated rings. The van der Waals surface area contributed by atoms with Gasteiger partial charge in [-0.1, -0.05) is 101 Å². The van der Waals surface area contributed by atoms with Crippen LogP contribution in [0.3, 0.4) is 0 Å². The standard InChI is InChI=1S/C35H50O2/c1-4-6-8-24-35(34(36)37-3)25-22-33(23-26-35)32-20-18-31(19-21-32)30-16-14-29(15-17-30)28-12-10-27(11-13-28)9-7-5-2/h14-21,27-28,33H,4-13,22-26H2,1-3H3/t27-,28-,33?,35?. The van der Waals surface area contributed by atoms with Gasteiger partial charge in [0.15, 0.2) is 0 Å². The summed E-state index contributed by atoms with van der Waals surface area (Å²) in [6.07, 6.45) is 18.3. The average Bonchev–Trinajstić information content (AvgIpc) is 2.96. The minimum Gasteiger partial charge on any atom is -0.469 e. The van der Waals surface area contributed by atoms with Crippen molar-refractivity contribution in [1.29, 1.82) is 0 Å². The number of carbonyl (C=O) groups is 1. The predicted octanol–water partition coefficient (Wildman–Crippen LogP) is 10.2. The van der Waals surface area contributed by atoms with E-state index in [4.69, 9.17) is 4.74 Å². The number of esters is 1. The highest BCUT2D eigenvalue weighted by molar-refractivity contribution is 5.77. The fourth-order valence-corrected chi connectivity index (χ4v) is 7.16. The van der Waals surface area contributed by atoms with Gasteiger partial charge in [-0.05, 0) is 97.8 Å². The SMILES string of the molecule is CCCCCC1(C(=O)OC)CCC(c2ccc(-c3ccc([C@H]4CC[C@H](CCCC)CC4)cc3)cc2)CC1. The molecular weight excluding hydrogens is 452 g/mol. The zero-order chi connectivity index (χ0) is 26.1. The maximum atomic E-state index is 12.7. The minimum atomic E-state index is -0.253.